The Balaban J connectivity index is 0.000000694. The van der Waals surface area contributed by atoms with Crippen molar-refractivity contribution in [3.8, 4) is 0 Å². The molecule has 0 aromatic heterocycles. The van der Waals surface area contributed by atoms with Gasteiger partial charge in [0.2, 0.25) is 5.91 Å². The summed E-state index contributed by atoms with van der Waals surface area (Å²) in [6.07, 6.45) is -2.29. The number of amides is 2. The summed E-state index contributed by atoms with van der Waals surface area (Å²) in [5, 5.41) is 18.2. The molecule has 3 aromatic carbocycles. The van der Waals surface area contributed by atoms with Crippen LogP contribution in [0.2, 0.25) is 0 Å². The van der Waals surface area contributed by atoms with E-state index in [4.69, 9.17) is 10.2 Å². The van der Waals surface area contributed by atoms with E-state index in [9.17, 15) is 41.5 Å². The number of ketones is 1. The van der Waals surface area contributed by atoms with Crippen molar-refractivity contribution < 1.29 is 51.7 Å². The number of benzene rings is 3. The number of rotatable bonds is 10. The van der Waals surface area contributed by atoms with E-state index < -0.39 is 35.4 Å². The first-order valence-corrected chi connectivity index (χ1v) is 14.7. The predicted molar refractivity (Wildman–Crippen MR) is 168 cm³/mol. The van der Waals surface area contributed by atoms with Gasteiger partial charge in [-0.2, -0.15) is 13.2 Å². The molecule has 0 spiro atoms. The van der Waals surface area contributed by atoms with E-state index in [0.717, 1.165) is 12.1 Å². The fraction of sp³-hybridized carbons (Fsp3) is 0.265. The number of nitrogens with zero attached hydrogens (tertiary/aromatic N) is 2. The van der Waals surface area contributed by atoms with Gasteiger partial charge in [-0.3, -0.25) is 14.4 Å². The molecule has 10 nitrogen and oxygen atoms in total. The van der Waals surface area contributed by atoms with E-state index in [2.05, 4.69) is 10.2 Å². The minimum absolute atomic E-state index is 0.0388. The number of hydrogen-bond donors (Lipinski definition) is 3. The topological polar surface area (TPSA) is 144 Å². The zero-order valence-electron chi connectivity index (χ0n) is 25.7. The molecule has 3 N–H and O–H groups in total. The molecule has 1 aliphatic rings. The number of carbonyl (C=O) groups is 5. The summed E-state index contributed by atoms with van der Waals surface area (Å²) in [6, 6.07) is 16.3. The van der Waals surface area contributed by atoms with Gasteiger partial charge in [0, 0.05) is 60.6 Å². The van der Waals surface area contributed by atoms with Gasteiger partial charge in [0.25, 0.3) is 5.91 Å². The summed E-state index contributed by atoms with van der Waals surface area (Å²) in [5.41, 5.74) is 0.476. The van der Waals surface area contributed by atoms with Crippen molar-refractivity contribution >= 4 is 40.9 Å². The van der Waals surface area contributed by atoms with Crippen LogP contribution in [-0.2, 0) is 20.6 Å². The Morgan fingerprint density at radius 3 is 1.96 bits per heavy atom. The maximum absolute atomic E-state index is 13.5. The Hall–Kier alpha value is -5.37. The van der Waals surface area contributed by atoms with E-state index >= 15 is 0 Å². The van der Waals surface area contributed by atoms with Crippen molar-refractivity contribution in [2.45, 2.75) is 25.9 Å². The zero-order chi connectivity index (χ0) is 35.4. The van der Waals surface area contributed by atoms with Gasteiger partial charge in [0.1, 0.15) is 5.82 Å². The Labute approximate surface area is 273 Å². The molecule has 254 valence electrons. The molecular weight excluding hydrogens is 638 g/mol. The standard InChI is InChI=1S/C30H29F4N3O3.C4H4O4/c1-20(38)35-26-11-7-23(8-12-26)29(40)37(27-4-2-3-24(19-27)30(32,33)34)18-17-36-15-13-22(14-16-36)28(39)21-5-9-25(31)10-6-21;5-3(6)1-2-4(7)8/h2-12,19,22H,13-18H2,1H3,(H,35,38);1-2H,(H,5,6)(H,7,8). The molecule has 0 radical (unpaired) electrons. The molecule has 0 atom stereocenters. The highest BCUT2D eigenvalue weighted by atomic mass is 19.4. The van der Waals surface area contributed by atoms with E-state index in [1.54, 1.807) is 12.1 Å². The Morgan fingerprint density at radius 2 is 1.44 bits per heavy atom. The third kappa shape index (κ3) is 11.5. The molecular formula is C34H33F4N3O7. The zero-order valence-corrected chi connectivity index (χ0v) is 25.7. The van der Waals surface area contributed by atoms with Crippen LogP contribution in [0.3, 0.4) is 0 Å². The lowest BCUT2D eigenvalue weighted by Gasteiger charge is -2.33. The third-order valence-electron chi connectivity index (χ3n) is 7.28. The van der Waals surface area contributed by atoms with Gasteiger partial charge in [-0.15, -0.1) is 0 Å². The number of carbonyl (C=O) groups excluding carboxylic acids is 3. The molecule has 4 rings (SSSR count). The van der Waals surface area contributed by atoms with Gasteiger partial charge >= 0.3 is 18.1 Å². The Kier molecular flexibility index (Phi) is 13.1. The summed E-state index contributed by atoms with van der Waals surface area (Å²) >= 11 is 0. The van der Waals surface area contributed by atoms with Crippen LogP contribution in [0, 0.1) is 11.7 Å². The van der Waals surface area contributed by atoms with Gasteiger partial charge in [-0.1, -0.05) is 6.07 Å². The number of halogens is 4. The SMILES string of the molecule is CC(=O)Nc1ccc(C(=O)N(CCN2CCC(C(=O)c3ccc(F)cc3)CC2)c2cccc(C(F)(F)F)c2)cc1.O=C(O)C=CC(=O)O. The number of carboxylic acids is 2. The molecule has 1 aliphatic heterocycles. The smallest absolute Gasteiger partial charge is 0.416 e. The van der Waals surface area contributed by atoms with Crippen molar-refractivity contribution in [2.24, 2.45) is 5.92 Å². The first-order valence-electron chi connectivity index (χ1n) is 14.7. The molecule has 3 aromatic rings. The van der Waals surface area contributed by atoms with E-state index in [1.807, 2.05) is 0 Å². The van der Waals surface area contributed by atoms with Crippen molar-refractivity contribution in [3.05, 3.63) is 107 Å². The molecule has 0 unspecified atom stereocenters. The van der Waals surface area contributed by atoms with Gasteiger partial charge in [0.05, 0.1) is 5.56 Å². The summed E-state index contributed by atoms with van der Waals surface area (Å²) < 4.78 is 53.5. The van der Waals surface area contributed by atoms with Crippen molar-refractivity contribution in [1.29, 1.82) is 0 Å². The minimum atomic E-state index is -4.57. The van der Waals surface area contributed by atoms with Crippen LogP contribution in [-0.4, -0.2) is 70.8 Å². The Morgan fingerprint density at radius 1 is 0.875 bits per heavy atom. The van der Waals surface area contributed by atoms with E-state index in [0.29, 0.717) is 55.9 Å². The van der Waals surface area contributed by atoms with Gasteiger partial charge < -0.3 is 25.3 Å². The molecule has 0 bridgehead atoms. The van der Waals surface area contributed by atoms with Crippen molar-refractivity contribution in [3.63, 3.8) is 0 Å². The minimum Gasteiger partial charge on any atom is -0.478 e. The van der Waals surface area contributed by atoms with Crippen LogP contribution in [0.15, 0.2) is 84.9 Å². The average Bonchev–Trinajstić information content (AvgIpc) is 3.04. The maximum atomic E-state index is 13.5. The summed E-state index contributed by atoms with van der Waals surface area (Å²) in [5.74, 6) is -3.91. The monoisotopic (exact) mass is 671 g/mol. The lowest BCUT2D eigenvalue weighted by molar-refractivity contribution is -0.137. The molecule has 2 amide bonds. The molecule has 48 heavy (non-hydrogen) atoms. The molecule has 0 saturated carbocycles. The number of hydrogen-bond acceptors (Lipinski definition) is 6. The highest BCUT2D eigenvalue weighted by Crippen LogP contribution is 2.32. The van der Waals surface area contributed by atoms with Crippen LogP contribution >= 0.6 is 0 Å². The first-order chi connectivity index (χ1) is 22.6. The highest BCUT2D eigenvalue weighted by molar-refractivity contribution is 6.06. The summed E-state index contributed by atoms with van der Waals surface area (Å²) in [6.45, 7) is 3.03. The normalized spacial score (nSPS) is 13.7. The average molecular weight is 672 g/mol. The summed E-state index contributed by atoms with van der Waals surface area (Å²) in [7, 11) is 0. The number of anilines is 2. The number of alkyl halides is 3. The molecule has 1 fully saturated rings. The van der Waals surface area contributed by atoms with Gasteiger partial charge in [-0.05, 0) is 92.7 Å². The number of carboxylic acid groups (broad SMARTS) is 2. The molecule has 0 aliphatic carbocycles. The molecule has 1 heterocycles. The lowest BCUT2D eigenvalue weighted by atomic mass is 9.89. The van der Waals surface area contributed by atoms with Crippen LogP contribution < -0.4 is 10.2 Å². The molecule has 14 heteroatoms. The predicted octanol–water partition coefficient (Wildman–Crippen LogP) is 5.76. The lowest BCUT2D eigenvalue weighted by Crippen LogP contribution is -2.43. The molecule has 1 saturated heterocycles. The number of Topliss-reactive ketones (excluding diaryl/α,β-unsaturated/α-hetero) is 1. The highest BCUT2D eigenvalue weighted by Gasteiger charge is 2.32. The summed E-state index contributed by atoms with van der Waals surface area (Å²) in [4.78, 5) is 60.1. The fourth-order valence-electron chi connectivity index (χ4n) is 4.91. The van der Waals surface area contributed by atoms with Gasteiger partial charge in [0.15, 0.2) is 5.78 Å². The Bertz CT molecular complexity index is 1620. The van der Waals surface area contributed by atoms with Crippen LogP contribution in [0.1, 0.15) is 46.0 Å². The second kappa shape index (κ2) is 17.0. The largest absolute Gasteiger partial charge is 0.478 e. The van der Waals surface area contributed by atoms with Crippen LogP contribution in [0.4, 0.5) is 28.9 Å². The van der Waals surface area contributed by atoms with Crippen LogP contribution in [0.25, 0.3) is 0 Å². The number of nitrogens with one attached hydrogen (secondary N) is 1. The van der Waals surface area contributed by atoms with Crippen molar-refractivity contribution in [2.75, 3.05) is 36.4 Å². The fourth-order valence-corrected chi connectivity index (χ4v) is 4.91. The maximum Gasteiger partial charge on any atom is 0.416 e. The van der Waals surface area contributed by atoms with Crippen LogP contribution in [0.5, 0.6) is 0 Å². The quantitative estimate of drug-likeness (QED) is 0.140. The van der Waals surface area contributed by atoms with Gasteiger partial charge in [-0.25, -0.2) is 14.0 Å². The third-order valence-corrected chi connectivity index (χ3v) is 7.28. The first kappa shape index (κ1) is 37.1. The number of aliphatic carboxylic acids is 2. The second-order valence-electron chi connectivity index (χ2n) is 10.8. The number of likely N-dealkylation sites (tertiary alicyclic amines) is 1. The van der Waals surface area contributed by atoms with E-state index in [1.165, 1.54) is 60.4 Å². The van der Waals surface area contributed by atoms with E-state index in [-0.39, 0.29) is 35.4 Å². The second-order valence-corrected chi connectivity index (χ2v) is 10.8. The number of piperidine rings is 1. The van der Waals surface area contributed by atoms with Crippen molar-refractivity contribution in [1.82, 2.24) is 4.90 Å².